The first-order valence-electron chi connectivity index (χ1n) is 2.79. The number of hydrogen-bond donors (Lipinski definition) is 1. The molecular weight excluding hydrogens is 123 g/mol. The van der Waals surface area contributed by atoms with Crippen molar-refractivity contribution in [1.29, 1.82) is 5.26 Å². The first kappa shape index (κ1) is 6.69. The summed E-state index contributed by atoms with van der Waals surface area (Å²) in [4.78, 5) is 0. The SMILES string of the molecule is [B]c1ccc(C#N)c(N)c1. The predicted octanol–water partition coefficient (Wildman–Crippen LogP) is -0.0657. The van der Waals surface area contributed by atoms with Gasteiger partial charge in [-0.2, -0.15) is 5.26 Å². The molecule has 2 radical (unpaired) electrons. The van der Waals surface area contributed by atoms with Crippen LogP contribution < -0.4 is 11.2 Å². The molecule has 0 saturated carbocycles. The maximum atomic E-state index is 8.44. The maximum absolute atomic E-state index is 8.44. The molecule has 0 amide bonds. The van der Waals surface area contributed by atoms with Gasteiger partial charge in [0.05, 0.1) is 5.56 Å². The molecule has 1 aromatic carbocycles. The normalized spacial score (nSPS) is 8.70. The third-order valence-corrected chi connectivity index (χ3v) is 1.20. The Kier molecular flexibility index (Phi) is 1.64. The number of nitrogen functional groups attached to an aromatic ring is 1. The molecule has 0 atom stereocenters. The van der Waals surface area contributed by atoms with Gasteiger partial charge in [-0.25, -0.2) is 0 Å². The van der Waals surface area contributed by atoms with Crippen molar-refractivity contribution in [3.05, 3.63) is 23.8 Å². The summed E-state index contributed by atoms with van der Waals surface area (Å²) >= 11 is 0. The fraction of sp³-hybridized carbons (Fsp3) is 0. The quantitative estimate of drug-likeness (QED) is 0.392. The summed E-state index contributed by atoms with van der Waals surface area (Å²) in [5.41, 5.74) is 6.91. The maximum Gasteiger partial charge on any atom is 0.113 e. The molecule has 1 rings (SSSR count). The van der Waals surface area contributed by atoms with Crippen molar-refractivity contribution in [2.45, 2.75) is 0 Å². The summed E-state index contributed by atoms with van der Waals surface area (Å²) in [5, 5.41) is 8.44. The molecule has 0 saturated heterocycles. The van der Waals surface area contributed by atoms with Gasteiger partial charge in [0.2, 0.25) is 0 Å². The second-order valence-electron chi connectivity index (χ2n) is 1.96. The van der Waals surface area contributed by atoms with Crippen molar-refractivity contribution >= 4 is 19.0 Å². The van der Waals surface area contributed by atoms with Crippen LogP contribution in [-0.4, -0.2) is 7.85 Å². The van der Waals surface area contributed by atoms with E-state index < -0.39 is 0 Å². The Bertz CT molecular complexity index is 288. The first-order chi connectivity index (χ1) is 4.74. The lowest BCUT2D eigenvalue weighted by Crippen LogP contribution is -2.04. The Balaban J connectivity index is 3.23. The third kappa shape index (κ3) is 1.11. The van der Waals surface area contributed by atoms with Gasteiger partial charge in [0.15, 0.2) is 0 Å². The summed E-state index contributed by atoms with van der Waals surface area (Å²) in [5.74, 6) is 0. The molecule has 0 bridgehead atoms. The van der Waals surface area contributed by atoms with Crippen molar-refractivity contribution < 1.29 is 0 Å². The number of anilines is 1. The molecular formula is C7H5BN2. The van der Waals surface area contributed by atoms with Crippen LogP contribution in [0.25, 0.3) is 0 Å². The average Bonchev–Trinajstić information content (AvgIpc) is 1.88. The van der Waals surface area contributed by atoms with E-state index in [9.17, 15) is 0 Å². The van der Waals surface area contributed by atoms with Crippen molar-refractivity contribution in [3.63, 3.8) is 0 Å². The van der Waals surface area contributed by atoms with Crippen LogP contribution in [0.15, 0.2) is 18.2 Å². The van der Waals surface area contributed by atoms with Crippen LogP contribution in [0.3, 0.4) is 0 Å². The average molecular weight is 128 g/mol. The standard InChI is InChI=1S/C7H5BN2/c8-6-2-1-5(4-9)7(10)3-6/h1-3H,10H2. The van der Waals surface area contributed by atoms with Gasteiger partial charge >= 0.3 is 0 Å². The number of benzene rings is 1. The zero-order valence-corrected chi connectivity index (χ0v) is 5.33. The van der Waals surface area contributed by atoms with Gasteiger partial charge in [-0.1, -0.05) is 11.5 Å². The molecule has 0 aliphatic rings. The van der Waals surface area contributed by atoms with Crippen molar-refractivity contribution in [2.24, 2.45) is 0 Å². The highest BCUT2D eigenvalue weighted by Gasteiger charge is 1.94. The zero-order chi connectivity index (χ0) is 7.56. The summed E-state index contributed by atoms with van der Waals surface area (Å²) < 4.78 is 0. The van der Waals surface area contributed by atoms with E-state index in [-0.39, 0.29) is 0 Å². The van der Waals surface area contributed by atoms with E-state index in [1.807, 2.05) is 6.07 Å². The van der Waals surface area contributed by atoms with Crippen LogP contribution in [0, 0.1) is 11.3 Å². The van der Waals surface area contributed by atoms with Gasteiger partial charge in [-0.15, -0.1) is 0 Å². The van der Waals surface area contributed by atoms with Crippen molar-refractivity contribution in [2.75, 3.05) is 5.73 Å². The molecule has 46 valence electrons. The summed E-state index contributed by atoms with van der Waals surface area (Å²) in [6.45, 7) is 0. The fourth-order valence-corrected chi connectivity index (χ4v) is 0.683. The lowest BCUT2D eigenvalue weighted by Gasteiger charge is -1.96. The van der Waals surface area contributed by atoms with Crippen molar-refractivity contribution in [3.8, 4) is 6.07 Å². The second-order valence-corrected chi connectivity index (χ2v) is 1.96. The van der Waals surface area contributed by atoms with Gasteiger partial charge in [-0.05, 0) is 12.1 Å². The Hall–Kier alpha value is -1.43. The number of hydrogen-bond acceptors (Lipinski definition) is 2. The molecule has 0 fully saturated rings. The minimum Gasteiger partial charge on any atom is -0.398 e. The highest BCUT2D eigenvalue weighted by Crippen LogP contribution is 2.05. The minimum atomic E-state index is 0.433. The van der Waals surface area contributed by atoms with Crippen LogP contribution in [0.5, 0.6) is 0 Å². The van der Waals surface area contributed by atoms with E-state index in [0.29, 0.717) is 16.7 Å². The Labute approximate surface area is 60.7 Å². The molecule has 0 aliphatic heterocycles. The molecule has 1 aromatic rings. The van der Waals surface area contributed by atoms with Gasteiger partial charge in [-0.3, -0.25) is 0 Å². The lowest BCUT2D eigenvalue weighted by molar-refractivity contribution is 1.49. The van der Waals surface area contributed by atoms with Crippen LogP contribution >= 0.6 is 0 Å². The summed E-state index contributed by atoms with van der Waals surface area (Å²) in [6, 6.07) is 6.76. The Morgan fingerprint density at radius 3 is 2.70 bits per heavy atom. The van der Waals surface area contributed by atoms with Crippen LogP contribution in [0.4, 0.5) is 5.69 Å². The molecule has 0 aromatic heterocycles. The van der Waals surface area contributed by atoms with Gasteiger partial charge in [0, 0.05) is 5.69 Å². The topological polar surface area (TPSA) is 49.8 Å². The second kappa shape index (κ2) is 2.44. The highest BCUT2D eigenvalue weighted by molar-refractivity contribution is 6.32. The predicted molar refractivity (Wildman–Crippen MR) is 41.0 cm³/mol. The molecule has 2 nitrogen and oxygen atoms in total. The third-order valence-electron chi connectivity index (χ3n) is 1.20. The van der Waals surface area contributed by atoms with E-state index in [1.54, 1.807) is 18.2 Å². The zero-order valence-electron chi connectivity index (χ0n) is 5.33. The van der Waals surface area contributed by atoms with Crippen molar-refractivity contribution in [1.82, 2.24) is 0 Å². The van der Waals surface area contributed by atoms with Gasteiger partial charge < -0.3 is 5.73 Å². The van der Waals surface area contributed by atoms with Crippen LogP contribution in [-0.2, 0) is 0 Å². The number of nitriles is 1. The number of nitrogens with zero attached hydrogens (tertiary/aromatic N) is 1. The van der Waals surface area contributed by atoms with Crippen LogP contribution in [0.2, 0.25) is 0 Å². The molecule has 0 aliphatic carbocycles. The molecule has 10 heavy (non-hydrogen) atoms. The highest BCUT2D eigenvalue weighted by atomic mass is 14.6. The first-order valence-corrected chi connectivity index (χ1v) is 2.79. The van der Waals surface area contributed by atoms with E-state index in [0.717, 1.165) is 0 Å². The van der Waals surface area contributed by atoms with E-state index in [4.69, 9.17) is 18.8 Å². The number of nitrogens with two attached hydrogens (primary N) is 1. The van der Waals surface area contributed by atoms with Gasteiger partial charge in [0.25, 0.3) is 0 Å². The Morgan fingerprint density at radius 1 is 1.50 bits per heavy atom. The lowest BCUT2D eigenvalue weighted by atomic mass is 9.94. The molecule has 3 heteroatoms. The minimum absolute atomic E-state index is 0.433. The van der Waals surface area contributed by atoms with Gasteiger partial charge in [0.1, 0.15) is 13.9 Å². The molecule has 0 spiro atoms. The number of rotatable bonds is 0. The Morgan fingerprint density at radius 2 is 2.20 bits per heavy atom. The summed E-state index contributed by atoms with van der Waals surface area (Å²) in [6.07, 6.45) is 0. The summed E-state index contributed by atoms with van der Waals surface area (Å²) in [7, 11) is 5.39. The van der Waals surface area contributed by atoms with Crippen LogP contribution in [0.1, 0.15) is 5.56 Å². The van der Waals surface area contributed by atoms with E-state index in [2.05, 4.69) is 0 Å². The smallest absolute Gasteiger partial charge is 0.113 e. The largest absolute Gasteiger partial charge is 0.398 e. The van der Waals surface area contributed by atoms with E-state index >= 15 is 0 Å². The molecule has 0 heterocycles. The fourth-order valence-electron chi connectivity index (χ4n) is 0.683. The molecule has 0 unspecified atom stereocenters. The van der Waals surface area contributed by atoms with E-state index in [1.165, 1.54) is 0 Å². The molecule has 2 N–H and O–H groups in total. The monoisotopic (exact) mass is 128 g/mol.